The van der Waals surface area contributed by atoms with Gasteiger partial charge in [0.25, 0.3) is 0 Å². The van der Waals surface area contributed by atoms with Gasteiger partial charge in [0.15, 0.2) is 5.78 Å². The molecule has 2 aromatic rings. The zero-order chi connectivity index (χ0) is 14.5. The second-order valence-electron chi connectivity index (χ2n) is 4.67. The number of benzene rings is 2. The van der Waals surface area contributed by atoms with E-state index in [2.05, 4.69) is 22.9 Å². The van der Waals surface area contributed by atoms with Gasteiger partial charge in [-0.2, -0.15) is 0 Å². The molecule has 0 spiro atoms. The smallest absolute Gasteiger partial charge is 0.193 e. The minimum absolute atomic E-state index is 0.0211. The number of aryl methyl sites for hydroxylation is 1. The number of rotatable bonds is 5. The normalized spacial score (nSPS) is 10.3. The molecular formula is C17H17BrO2. The minimum Gasteiger partial charge on any atom is -0.494 e. The highest BCUT2D eigenvalue weighted by molar-refractivity contribution is 9.10. The Kier molecular flexibility index (Phi) is 4.96. The van der Waals surface area contributed by atoms with E-state index in [0.717, 1.165) is 22.2 Å². The molecule has 2 nitrogen and oxygen atoms in total. The monoisotopic (exact) mass is 332 g/mol. The zero-order valence-electron chi connectivity index (χ0n) is 11.7. The second-order valence-corrected chi connectivity index (χ2v) is 5.52. The first-order valence-corrected chi connectivity index (χ1v) is 7.45. The first kappa shape index (κ1) is 14.8. The highest BCUT2D eigenvalue weighted by Gasteiger charge is 2.10. The van der Waals surface area contributed by atoms with Crippen LogP contribution < -0.4 is 4.74 Å². The molecule has 2 rings (SSSR count). The third kappa shape index (κ3) is 3.48. The summed E-state index contributed by atoms with van der Waals surface area (Å²) in [6.45, 7) is 4.75. The lowest BCUT2D eigenvalue weighted by atomic mass is 10.0. The highest BCUT2D eigenvalue weighted by atomic mass is 79.9. The van der Waals surface area contributed by atoms with Crippen LogP contribution in [0.3, 0.4) is 0 Å². The van der Waals surface area contributed by atoms with Gasteiger partial charge in [-0.15, -0.1) is 0 Å². The summed E-state index contributed by atoms with van der Waals surface area (Å²) in [6, 6.07) is 12.9. The number of hydrogen-bond acceptors (Lipinski definition) is 2. The lowest BCUT2D eigenvalue weighted by Crippen LogP contribution is -2.02. The lowest BCUT2D eigenvalue weighted by molar-refractivity contribution is 0.103. The average Bonchev–Trinajstić information content (AvgIpc) is 2.48. The molecule has 0 bridgehead atoms. The lowest BCUT2D eigenvalue weighted by Gasteiger charge is -2.06. The molecule has 0 saturated carbocycles. The largest absolute Gasteiger partial charge is 0.494 e. The van der Waals surface area contributed by atoms with Gasteiger partial charge < -0.3 is 4.74 Å². The maximum absolute atomic E-state index is 12.4. The van der Waals surface area contributed by atoms with E-state index in [1.807, 2.05) is 37.3 Å². The van der Waals surface area contributed by atoms with Crippen molar-refractivity contribution in [1.29, 1.82) is 0 Å². The van der Waals surface area contributed by atoms with Crippen LogP contribution in [0.1, 0.15) is 34.8 Å². The van der Waals surface area contributed by atoms with Crippen molar-refractivity contribution in [3.05, 3.63) is 63.6 Å². The number of halogens is 1. The summed E-state index contributed by atoms with van der Waals surface area (Å²) in [6.07, 6.45) is 0.970. The summed E-state index contributed by atoms with van der Waals surface area (Å²) >= 11 is 3.45. The average molecular weight is 333 g/mol. The molecule has 0 aliphatic heterocycles. The summed E-state index contributed by atoms with van der Waals surface area (Å²) in [7, 11) is 0. The molecule has 0 radical (unpaired) electrons. The van der Waals surface area contributed by atoms with Crippen LogP contribution in [0.2, 0.25) is 0 Å². The van der Waals surface area contributed by atoms with Crippen molar-refractivity contribution in [2.24, 2.45) is 0 Å². The summed E-state index contributed by atoms with van der Waals surface area (Å²) in [4.78, 5) is 12.4. The first-order valence-electron chi connectivity index (χ1n) is 6.65. The van der Waals surface area contributed by atoms with E-state index in [9.17, 15) is 4.79 Å². The number of ketones is 1. The minimum atomic E-state index is 0.0211. The summed E-state index contributed by atoms with van der Waals surface area (Å²) in [5.41, 5.74) is 2.47. The van der Waals surface area contributed by atoms with Crippen LogP contribution >= 0.6 is 15.9 Å². The van der Waals surface area contributed by atoms with Crippen molar-refractivity contribution >= 4 is 21.7 Å². The van der Waals surface area contributed by atoms with Crippen molar-refractivity contribution in [3.8, 4) is 5.75 Å². The topological polar surface area (TPSA) is 26.3 Å². The van der Waals surface area contributed by atoms with E-state index in [1.54, 1.807) is 12.1 Å². The molecule has 0 atom stereocenters. The fourth-order valence-electron chi connectivity index (χ4n) is 1.82. The van der Waals surface area contributed by atoms with Gasteiger partial charge in [-0.3, -0.25) is 4.79 Å². The fraction of sp³-hybridized carbons (Fsp3) is 0.235. The van der Waals surface area contributed by atoms with Crippen LogP contribution in [0.25, 0.3) is 0 Å². The predicted octanol–water partition coefficient (Wildman–Crippen LogP) is 4.78. The van der Waals surface area contributed by atoms with Crippen LogP contribution in [-0.2, 0) is 0 Å². The molecule has 0 unspecified atom stereocenters. The van der Waals surface area contributed by atoms with E-state index in [0.29, 0.717) is 17.7 Å². The molecule has 0 fully saturated rings. The number of carbonyl (C=O) groups is 1. The molecule has 3 heteroatoms. The van der Waals surface area contributed by atoms with Crippen LogP contribution in [0, 0.1) is 6.92 Å². The van der Waals surface area contributed by atoms with Gasteiger partial charge in [0.05, 0.1) is 6.61 Å². The summed E-state index contributed by atoms with van der Waals surface area (Å²) in [5, 5.41) is 0. The van der Waals surface area contributed by atoms with E-state index >= 15 is 0 Å². The molecular weight excluding hydrogens is 316 g/mol. The molecule has 20 heavy (non-hydrogen) atoms. The van der Waals surface area contributed by atoms with Crippen molar-refractivity contribution < 1.29 is 9.53 Å². The molecule has 0 aromatic heterocycles. The third-order valence-electron chi connectivity index (χ3n) is 3.02. The molecule has 0 N–H and O–H groups in total. The Labute approximate surface area is 127 Å². The van der Waals surface area contributed by atoms with Gasteiger partial charge in [0.2, 0.25) is 0 Å². The quantitative estimate of drug-likeness (QED) is 0.736. The summed E-state index contributed by atoms with van der Waals surface area (Å²) < 4.78 is 6.46. The molecule has 0 aliphatic carbocycles. The number of ether oxygens (including phenoxy) is 1. The van der Waals surface area contributed by atoms with Crippen LogP contribution in [0.15, 0.2) is 46.9 Å². The van der Waals surface area contributed by atoms with Gasteiger partial charge >= 0.3 is 0 Å². The number of carbonyl (C=O) groups excluding carboxylic acids is 1. The third-order valence-corrected chi connectivity index (χ3v) is 3.88. The maximum Gasteiger partial charge on any atom is 0.193 e. The van der Waals surface area contributed by atoms with Gasteiger partial charge in [0.1, 0.15) is 5.75 Å². The van der Waals surface area contributed by atoms with E-state index in [1.165, 1.54) is 0 Å². The van der Waals surface area contributed by atoms with Crippen LogP contribution in [-0.4, -0.2) is 12.4 Å². The van der Waals surface area contributed by atoms with E-state index in [4.69, 9.17) is 4.74 Å². The number of hydrogen-bond donors (Lipinski definition) is 0. The standard InChI is InChI=1S/C17H17BrO2/c1-3-10-20-15-8-6-13(7-9-15)17(19)14-5-4-12(2)16(18)11-14/h4-9,11H,3,10H2,1-2H3. The molecule has 0 aliphatic rings. The Bertz CT molecular complexity index is 603. The Hall–Kier alpha value is -1.61. The van der Waals surface area contributed by atoms with Crippen LogP contribution in [0.5, 0.6) is 5.75 Å². The SMILES string of the molecule is CCCOc1ccc(C(=O)c2ccc(C)c(Br)c2)cc1. The van der Waals surface area contributed by atoms with E-state index < -0.39 is 0 Å². The molecule has 104 valence electrons. The zero-order valence-corrected chi connectivity index (χ0v) is 13.2. The van der Waals surface area contributed by atoms with Gasteiger partial charge in [-0.25, -0.2) is 0 Å². The van der Waals surface area contributed by atoms with Crippen molar-refractivity contribution in [2.75, 3.05) is 6.61 Å². The summed E-state index contributed by atoms with van der Waals surface area (Å²) in [5.74, 6) is 0.821. The maximum atomic E-state index is 12.4. The van der Waals surface area contributed by atoms with E-state index in [-0.39, 0.29) is 5.78 Å². The fourth-order valence-corrected chi connectivity index (χ4v) is 2.20. The van der Waals surface area contributed by atoms with Gasteiger partial charge in [-0.1, -0.05) is 35.0 Å². The van der Waals surface area contributed by atoms with Crippen molar-refractivity contribution in [1.82, 2.24) is 0 Å². The Morgan fingerprint density at radius 1 is 1.10 bits per heavy atom. The Morgan fingerprint density at radius 2 is 1.75 bits per heavy atom. The second kappa shape index (κ2) is 6.71. The van der Waals surface area contributed by atoms with Crippen molar-refractivity contribution in [2.45, 2.75) is 20.3 Å². The molecule has 2 aromatic carbocycles. The molecule has 0 heterocycles. The van der Waals surface area contributed by atoms with Crippen molar-refractivity contribution in [3.63, 3.8) is 0 Å². The van der Waals surface area contributed by atoms with Gasteiger partial charge in [-0.05, 0) is 49.2 Å². The Balaban J connectivity index is 2.18. The predicted molar refractivity (Wildman–Crippen MR) is 84.5 cm³/mol. The first-order chi connectivity index (χ1) is 9.61. The van der Waals surface area contributed by atoms with Gasteiger partial charge in [0, 0.05) is 15.6 Å². The Morgan fingerprint density at radius 3 is 2.35 bits per heavy atom. The highest BCUT2D eigenvalue weighted by Crippen LogP contribution is 2.21. The molecule has 0 saturated heterocycles. The molecule has 0 amide bonds. The van der Waals surface area contributed by atoms with Crippen LogP contribution in [0.4, 0.5) is 0 Å².